The molecule has 2 atom stereocenters. The van der Waals surface area contributed by atoms with E-state index in [4.69, 9.17) is 19.7 Å². The van der Waals surface area contributed by atoms with E-state index in [-0.39, 0.29) is 20.8 Å². The standard InChI is InChI=1S/C30H62N6O2S2/c1-23(2)21-29(15,35-31-25(5,6)7)37-17-19-39-27(11,12)33-34-28(13,14)40-20-18-38-30(16,22-24(3)4)36-32-26(8,9)10/h23-24H,17-22H2,1-16H3. The zero-order valence-electron chi connectivity index (χ0n) is 28.7. The fraction of sp³-hybridized carbons (Fsp3) is 1.00. The molecule has 0 fully saturated rings. The monoisotopic (exact) mass is 602 g/mol. The van der Waals surface area contributed by atoms with Crippen LogP contribution in [0.1, 0.15) is 124 Å². The zero-order valence-corrected chi connectivity index (χ0v) is 30.3. The van der Waals surface area contributed by atoms with Crippen LogP contribution in [0.25, 0.3) is 0 Å². The van der Waals surface area contributed by atoms with Crippen LogP contribution in [0.15, 0.2) is 30.7 Å². The Morgan fingerprint density at radius 3 is 1.02 bits per heavy atom. The highest BCUT2D eigenvalue weighted by molar-refractivity contribution is 8.00. The number of ether oxygens (including phenoxy) is 2. The molecule has 0 aromatic carbocycles. The van der Waals surface area contributed by atoms with Crippen LogP contribution in [-0.2, 0) is 9.47 Å². The van der Waals surface area contributed by atoms with Gasteiger partial charge in [-0.25, -0.2) is 0 Å². The van der Waals surface area contributed by atoms with Gasteiger partial charge in [0.1, 0.15) is 9.74 Å². The molecule has 0 saturated heterocycles. The summed E-state index contributed by atoms with van der Waals surface area (Å²) in [6.45, 7) is 34.6. The van der Waals surface area contributed by atoms with E-state index in [0.717, 1.165) is 24.3 Å². The van der Waals surface area contributed by atoms with Crippen molar-refractivity contribution in [1.29, 1.82) is 0 Å². The molecule has 0 aliphatic heterocycles. The Morgan fingerprint density at radius 1 is 0.475 bits per heavy atom. The number of azo groups is 3. The Balaban J connectivity index is 4.90. The molecule has 8 nitrogen and oxygen atoms in total. The van der Waals surface area contributed by atoms with Gasteiger partial charge in [0.05, 0.1) is 24.3 Å². The molecular weight excluding hydrogens is 541 g/mol. The molecule has 0 spiro atoms. The molecule has 40 heavy (non-hydrogen) atoms. The maximum atomic E-state index is 6.24. The van der Waals surface area contributed by atoms with Crippen LogP contribution in [0.2, 0.25) is 0 Å². The van der Waals surface area contributed by atoms with Crippen molar-refractivity contribution in [3.8, 4) is 0 Å². The van der Waals surface area contributed by atoms with E-state index in [1.807, 2.05) is 55.4 Å². The van der Waals surface area contributed by atoms with E-state index in [2.05, 4.69) is 75.8 Å². The average Bonchev–Trinajstić information content (AvgIpc) is 2.74. The summed E-state index contributed by atoms with van der Waals surface area (Å²) in [5.74, 6) is 2.51. The lowest BCUT2D eigenvalue weighted by Gasteiger charge is -2.29. The topological polar surface area (TPSA) is 92.6 Å². The van der Waals surface area contributed by atoms with Crippen LogP contribution >= 0.6 is 23.5 Å². The Hall–Kier alpha value is -0.580. The third-order valence-corrected chi connectivity index (χ3v) is 7.45. The largest absolute Gasteiger partial charge is 0.351 e. The number of rotatable bonds is 18. The second-order valence-electron chi connectivity index (χ2n) is 14.8. The molecule has 0 aromatic heterocycles. The molecule has 0 radical (unpaired) electrons. The Kier molecular flexibility index (Phi) is 16.1. The summed E-state index contributed by atoms with van der Waals surface area (Å²) in [6.07, 6.45) is 1.65. The molecular formula is C30H62N6O2S2. The van der Waals surface area contributed by atoms with Gasteiger partial charge < -0.3 is 9.47 Å². The van der Waals surface area contributed by atoms with Gasteiger partial charge in [0, 0.05) is 24.3 Å². The van der Waals surface area contributed by atoms with Crippen LogP contribution in [0.3, 0.4) is 0 Å². The van der Waals surface area contributed by atoms with E-state index in [0.29, 0.717) is 25.0 Å². The third-order valence-electron chi connectivity index (χ3n) is 5.13. The van der Waals surface area contributed by atoms with Crippen molar-refractivity contribution >= 4 is 23.5 Å². The van der Waals surface area contributed by atoms with Gasteiger partial charge in [-0.3, -0.25) is 0 Å². The first kappa shape index (κ1) is 39.4. The highest BCUT2D eigenvalue weighted by atomic mass is 32.2. The number of nitrogens with zero attached hydrogens (tertiary/aromatic N) is 6. The van der Waals surface area contributed by atoms with Gasteiger partial charge in [-0.1, -0.05) is 27.7 Å². The second-order valence-corrected chi connectivity index (χ2v) is 18.2. The lowest BCUT2D eigenvalue weighted by molar-refractivity contribution is -0.0383. The molecule has 0 aliphatic carbocycles. The van der Waals surface area contributed by atoms with Gasteiger partial charge in [0.25, 0.3) is 0 Å². The van der Waals surface area contributed by atoms with E-state index < -0.39 is 11.4 Å². The van der Waals surface area contributed by atoms with E-state index >= 15 is 0 Å². The maximum Gasteiger partial charge on any atom is 0.176 e. The molecule has 2 unspecified atom stereocenters. The van der Waals surface area contributed by atoms with Crippen molar-refractivity contribution in [3.05, 3.63) is 0 Å². The summed E-state index contributed by atoms with van der Waals surface area (Å²) in [7, 11) is 0. The summed E-state index contributed by atoms with van der Waals surface area (Å²) in [5.41, 5.74) is -1.68. The summed E-state index contributed by atoms with van der Waals surface area (Å²) in [4.78, 5) is -0.718. The molecule has 0 rings (SSSR count). The number of hydrogen-bond acceptors (Lipinski definition) is 10. The number of thioether (sulfide) groups is 2. The van der Waals surface area contributed by atoms with Gasteiger partial charge >= 0.3 is 0 Å². The Morgan fingerprint density at radius 2 is 0.775 bits per heavy atom. The first-order chi connectivity index (χ1) is 17.9. The average molecular weight is 603 g/mol. The maximum absolute atomic E-state index is 6.24. The molecule has 0 N–H and O–H groups in total. The SMILES string of the molecule is CC(C)CC(C)(N=NC(C)(C)C)OCCSC(C)(C)N=NC(C)(C)SCCOC(C)(CC(C)C)N=NC(C)(C)C. The minimum atomic E-state index is -0.617. The summed E-state index contributed by atoms with van der Waals surface area (Å²) in [5, 5.41) is 27.5. The van der Waals surface area contributed by atoms with Crippen LogP contribution in [0.5, 0.6) is 0 Å². The van der Waals surface area contributed by atoms with E-state index in [1.165, 1.54) is 0 Å². The van der Waals surface area contributed by atoms with Crippen LogP contribution in [0, 0.1) is 11.8 Å². The molecule has 0 aromatic rings. The molecule has 10 heteroatoms. The van der Waals surface area contributed by atoms with Crippen molar-refractivity contribution in [2.75, 3.05) is 24.7 Å². The zero-order chi connectivity index (χ0) is 31.5. The van der Waals surface area contributed by atoms with Crippen molar-refractivity contribution in [3.63, 3.8) is 0 Å². The molecule has 0 aliphatic rings. The van der Waals surface area contributed by atoms with E-state index in [1.54, 1.807) is 23.5 Å². The number of hydrogen-bond donors (Lipinski definition) is 0. The van der Waals surface area contributed by atoms with Crippen LogP contribution in [-0.4, -0.2) is 57.0 Å². The molecule has 236 valence electrons. The predicted octanol–water partition coefficient (Wildman–Crippen LogP) is 10.4. The smallest absolute Gasteiger partial charge is 0.176 e. The van der Waals surface area contributed by atoms with Crippen molar-refractivity contribution < 1.29 is 9.47 Å². The quantitative estimate of drug-likeness (QED) is 0.115. The molecule has 0 saturated carbocycles. The molecule has 0 amide bonds. The second kappa shape index (κ2) is 16.3. The first-order valence-corrected chi connectivity index (χ1v) is 16.7. The summed E-state index contributed by atoms with van der Waals surface area (Å²) in [6, 6.07) is 0. The Labute approximate surface area is 255 Å². The van der Waals surface area contributed by atoms with Gasteiger partial charge in [-0.2, -0.15) is 30.7 Å². The van der Waals surface area contributed by atoms with Crippen molar-refractivity contribution in [2.45, 2.75) is 156 Å². The lowest BCUT2D eigenvalue weighted by atomic mass is 10.0. The molecule has 0 bridgehead atoms. The van der Waals surface area contributed by atoms with Crippen molar-refractivity contribution in [2.24, 2.45) is 42.5 Å². The van der Waals surface area contributed by atoms with Gasteiger partial charge in [-0.05, 0) is 94.9 Å². The van der Waals surface area contributed by atoms with Crippen LogP contribution in [0.4, 0.5) is 0 Å². The highest BCUT2D eigenvalue weighted by Crippen LogP contribution is 2.33. The van der Waals surface area contributed by atoms with Gasteiger partial charge in [0.15, 0.2) is 11.4 Å². The van der Waals surface area contributed by atoms with Crippen molar-refractivity contribution in [1.82, 2.24) is 0 Å². The first-order valence-electron chi connectivity index (χ1n) is 14.7. The summed E-state index contributed by atoms with van der Waals surface area (Å²) >= 11 is 3.47. The molecule has 0 heterocycles. The fourth-order valence-corrected chi connectivity index (χ4v) is 5.22. The normalized spacial score (nSPS) is 17.6. The van der Waals surface area contributed by atoms with Gasteiger partial charge in [0.2, 0.25) is 0 Å². The van der Waals surface area contributed by atoms with Gasteiger partial charge in [-0.15, -0.1) is 23.5 Å². The minimum absolute atomic E-state index is 0.221. The Bertz CT molecular complexity index is 750. The van der Waals surface area contributed by atoms with E-state index in [9.17, 15) is 0 Å². The lowest BCUT2D eigenvalue weighted by Crippen LogP contribution is -2.30. The predicted molar refractivity (Wildman–Crippen MR) is 175 cm³/mol. The highest BCUT2D eigenvalue weighted by Gasteiger charge is 2.29. The summed E-state index contributed by atoms with van der Waals surface area (Å²) < 4.78 is 12.5. The fourth-order valence-electron chi connectivity index (χ4n) is 3.69. The third kappa shape index (κ3) is 21.2. The minimum Gasteiger partial charge on any atom is -0.351 e. The van der Waals surface area contributed by atoms with Crippen LogP contribution < -0.4 is 0 Å².